The Bertz CT molecular complexity index is 122. The summed E-state index contributed by atoms with van der Waals surface area (Å²) < 4.78 is 9.48. The smallest absolute Gasteiger partial charge is 0.234 e. The molecule has 0 rings (SSSR count). The minimum atomic E-state index is 0.0741. The van der Waals surface area contributed by atoms with E-state index in [4.69, 9.17) is 9.47 Å². The maximum atomic E-state index is 9.27. The van der Waals surface area contributed by atoms with Gasteiger partial charge in [0.2, 0.25) is 6.08 Å². The lowest BCUT2D eigenvalue weighted by molar-refractivity contribution is -0.0411. The topological polar surface area (TPSA) is 47.9 Å². The molecule has 4 nitrogen and oxygen atoms in total. The largest absolute Gasteiger partial charge is 0.361 e. The van der Waals surface area contributed by atoms with Gasteiger partial charge in [-0.15, -0.1) is 0 Å². The second-order valence-electron chi connectivity index (χ2n) is 2.01. The monoisotopic (exact) mass is 191 g/mol. The van der Waals surface area contributed by atoms with Gasteiger partial charge in [-0.3, -0.25) is 0 Å². The van der Waals surface area contributed by atoms with E-state index in [1.54, 1.807) is 14.2 Å². The van der Waals surface area contributed by atoms with Gasteiger partial charge in [0.15, 0.2) is 0 Å². The first-order valence-electron chi connectivity index (χ1n) is 3.82. The van der Waals surface area contributed by atoms with Crippen LogP contribution in [0, 0.1) is 0 Å². The quantitative estimate of drug-likeness (QED) is 0.264. The predicted molar refractivity (Wildman–Crippen MR) is 51.0 cm³/mol. The molecular weight excluding hydrogens is 174 g/mol. The fourth-order valence-electron chi connectivity index (χ4n) is 0.254. The van der Waals surface area contributed by atoms with Crippen LogP contribution in [0.15, 0.2) is 4.99 Å². The molecule has 12 heavy (non-hydrogen) atoms. The van der Waals surface area contributed by atoms with Crippen LogP contribution in [0.1, 0.15) is 13.3 Å². The van der Waals surface area contributed by atoms with Gasteiger partial charge >= 0.3 is 0 Å². The van der Waals surface area contributed by atoms with Crippen LogP contribution in [0.25, 0.3) is 0 Å². The number of nitrogens with zero attached hydrogens (tertiary/aromatic N) is 1. The van der Waals surface area contributed by atoms with Crippen LogP contribution in [0.4, 0.5) is 0 Å². The normalized spacial score (nSPS) is 8.67. The first-order chi connectivity index (χ1) is 5.72. The van der Waals surface area contributed by atoms with E-state index in [-0.39, 0.29) is 5.91 Å². The summed E-state index contributed by atoms with van der Waals surface area (Å²) in [6.07, 6.45) is 2.37. The molecule has 0 saturated heterocycles. The highest BCUT2D eigenvalue weighted by Crippen LogP contribution is 1.77. The fraction of sp³-hybridized carbons (Fsp3) is 0.857. The van der Waals surface area contributed by atoms with Crippen molar-refractivity contribution in [1.29, 1.82) is 0 Å². The van der Waals surface area contributed by atoms with Gasteiger partial charge in [-0.1, -0.05) is 6.92 Å². The summed E-state index contributed by atoms with van der Waals surface area (Å²) in [5.74, 6) is 0.0741. The zero-order valence-corrected chi connectivity index (χ0v) is 10.2. The Labute approximate surface area is 76.4 Å². The van der Waals surface area contributed by atoms with Crippen molar-refractivity contribution in [3.8, 4) is 0 Å². The summed E-state index contributed by atoms with van der Waals surface area (Å²) in [4.78, 5) is 12.6. The number of hydrogen-bond acceptors (Lipinski definition) is 4. The highest BCUT2D eigenvalue weighted by molar-refractivity contribution is 6.09. The number of isocyanates is 1. The van der Waals surface area contributed by atoms with Gasteiger partial charge in [0, 0.05) is 14.2 Å². The lowest BCUT2D eigenvalue weighted by Gasteiger charge is -2.03. The van der Waals surface area contributed by atoms with E-state index in [9.17, 15) is 4.79 Å². The van der Waals surface area contributed by atoms with Gasteiger partial charge in [0.05, 0.1) is 16.8 Å². The van der Waals surface area contributed by atoms with Crippen molar-refractivity contribution in [3.63, 3.8) is 0 Å². The maximum absolute atomic E-state index is 9.27. The summed E-state index contributed by atoms with van der Waals surface area (Å²) in [7, 11) is 4.23. The highest BCUT2D eigenvalue weighted by Gasteiger charge is 1.87. The molecule has 72 valence electrons. The van der Waals surface area contributed by atoms with E-state index in [1.807, 2.05) is 6.92 Å². The number of hydrogen-bond donors (Lipinski definition) is 0. The molecular formula is C7H17NO3Si. The first kappa shape index (κ1) is 14.1. The SMILES string of the molecule is CCCN=C=O.COC([SiH3])OC. The van der Waals surface area contributed by atoms with E-state index in [0.717, 1.165) is 16.7 Å². The van der Waals surface area contributed by atoms with Crippen molar-refractivity contribution in [1.82, 2.24) is 0 Å². The molecule has 0 N–H and O–H groups in total. The maximum Gasteiger partial charge on any atom is 0.234 e. The number of carbonyl (C=O) groups excluding carboxylic acids is 1. The van der Waals surface area contributed by atoms with Crippen molar-refractivity contribution in [3.05, 3.63) is 0 Å². The van der Waals surface area contributed by atoms with Crippen LogP contribution in [0.5, 0.6) is 0 Å². The van der Waals surface area contributed by atoms with Crippen molar-refractivity contribution in [2.75, 3.05) is 20.8 Å². The average Bonchev–Trinajstić information content (AvgIpc) is 2.14. The van der Waals surface area contributed by atoms with Gasteiger partial charge in [-0.25, -0.2) is 9.79 Å². The van der Waals surface area contributed by atoms with Gasteiger partial charge in [-0.2, -0.15) is 0 Å². The number of methoxy groups -OCH3 is 2. The number of ether oxygens (including phenoxy) is 2. The van der Waals surface area contributed by atoms with Crippen LogP contribution in [0.3, 0.4) is 0 Å². The second kappa shape index (κ2) is 13.1. The van der Waals surface area contributed by atoms with E-state index in [1.165, 1.54) is 6.08 Å². The van der Waals surface area contributed by atoms with Crippen LogP contribution >= 0.6 is 0 Å². The summed E-state index contributed by atoms with van der Waals surface area (Å²) in [5.41, 5.74) is 0. The Hall–Kier alpha value is -0.483. The van der Waals surface area contributed by atoms with Crippen molar-refractivity contribution < 1.29 is 14.3 Å². The van der Waals surface area contributed by atoms with Crippen LogP contribution < -0.4 is 0 Å². The van der Waals surface area contributed by atoms with Crippen molar-refractivity contribution in [2.24, 2.45) is 4.99 Å². The van der Waals surface area contributed by atoms with Crippen LogP contribution in [-0.2, 0) is 14.3 Å². The van der Waals surface area contributed by atoms with Crippen LogP contribution in [-0.4, -0.2) is 43.0 Å². The zero-order valence-electron chi connectivity index (χ0n) is 8.16. The number of rotatable bonds is 4. The van der Waals surface area contributed by atoms with Gasteiger partial charge < -0.3 is 9.47 Å². The van der Waals surface area contributed by atoms with Crippen molar-refractivity contribution in [2.45, 2.75) is 19.3 Å². The molecule has 0 aromatic carbocycles. The third-order valence-corrected chi connectivity index (χ3v) is 2.01. The van der Waals surface area contributed by atoms with E-state index >= 15 is 0 Å². The Kier molecular flexibility index (Phi) is 15.4. The molecule has 0 fully saturated rings. The molecule has 0 bridgehead atoms. The molecule has 0 aromatic heterocycles. The van der Waals surface area contributed by atoms with Gasteiger partial charge in [0.1, 0.15) is 5.91 Å². The third-order valence-electron chi connectivity index (χ3n) is 1.06. The Morgan fingerprint density at radius 2 is 2.00 bits per heavy atom. The first-order valence-corrected chi connectivity index (χ1v) is 4.97. The third kappa shape index (κ3) is 16.3. The summed E-state index contributed by atoms with van der Waals surface area (Å²) in [6.45, 7) is 2.57. The standard InChI is InChI=1S/C4H7NO.C3H10O2Si/c1-2-3-5-4-6;1-4-3(6)5-2/h2-3H2,1H3;3H,1-2,6H3. The highest BCUT2D eigenvalue weighted by atomic mass is 28.1. The molecule has 0 aliphatic rings. The van der Waals surface area contributed by atoms with Crippen molar-refractivity contribution >= 4 is 16.3 Å². The summed E-state index contributed by atoms with van der Waals surface area (Å²) in [5, 5.41) is 0. The average molecular weight is 191 g/mol. The lowest BCUT2D eigenvalue weighted by atomic mass is 10.5. The van der Waals surface area contributed by atoms with Gasteiger partial charge in [-0.05, 0) is 6.42 Å². The fourth-order valence-corrected chi connectivity index (χ4v) is 0.254. The molecule has 0 unspecified atom stereocenters. The zero-order chi connectivity index (χ0) is 9.82. The summed E-state index contributed by atoms with van der Waals surface area (Å²) >= 11 is 0. The minimum absolute atomic E-state index is 0.0741. The second-order valence-corrected chi connectivity index (χ2v) is 2.95. The molecule has 0 aromatic rings. The van der Waals surface area contributed by atoms with Crippen LogP contribution in [0.2, 0.25) is 0 Å². The Morgan fingerprint density at radius 3 is 2.08 bits per heavy atom. The molecule has 0 radical (unpaired) electrons. The molecule has 0 saturated carbocycles. The molecule has 0 spiro atoms. The van der Waals surface area contributed by atoms with Gasteiger partial charge in [0.25, 0.3) is 0 Å². The minimum Gasteiger partial charge on any atom is -0.361 e. The molecule has 0 heterocycles. The van der Waals surface area contributed by atoms with E-state index in [2.05, 4.69) is 4.99 Å². The molecule has 0 atom stereocenters. The summed E-state index contributed by atoms with van der Waals surface area (Å²) in [6, 6.07) is 0. The predicted octanol–water partition coefficient (Wildman–Crippen LogP) is -0.340. The molecule has 5 heteroatoms. The lowest BCUT2D eigenvalue weighted by Crippen LogP contribution is -2.11. The Morgan fingerprint density at radius 1 is 1.50 bits per heavy atom. The number of aliphatic imine (C=N–C) groups is 1. The van der Waals surface area contributed by atoms with E-state index in [0.29, 0.717) is 6.54 Å². The molecule has 0 amide bonds. The molecule has 0 aliphatic carbocycles. The van der Waals surface area contributed by atoms with E-state index < -0.39 is 0 Å². The molecule has 0 aliphatic heterocycles. The Balaban J connectivity index is 0.